The molecule has 0 spiro atoms. The zero-order chi connectivity index (χ0) is 18.6. The summed E-state index contributed by atoms with van der Waals surface area (Å²) in [7, 11) is 0. The largest absolute Gasteiger partial charge is 0.292 e. The lowest BCUT2D eigenvalue weighted by molar-refractivity contribution is 0.579. The SMILES string of the molecule is CC(C)(C)c1nc2cccc3c(-c4ccccc4)c(-c4ccccc4)c1n23. The number of rotatable bonds is 2. The highest BCUT2D eigenvalue weighted by atomic mass is 15.0. The minimum absolute atomic E-state index is 0.0369. The maximum Gasteiger partial charge on any atom is 0.138 e. The molecule has 3 aromatic heterocycles. The van der Waals surface area contributed by atoms with E-state index in [4.69, 9.17) is 4.98 Å². The van der Waals surface area contributed by atoms with Crippen molar-refractivity contribution in [3.05, 3.63) is 84.6 Å². The van der Waals surface area contributed by atoms with E-state index in [1.807, 2.05) is 0 Å². The van der Waals surface area contributed by atoms with Crippen LogP contribution in [0.4, 0.5) is 0 Å². The number of hydrogen-bond acceptors (Lipinski definition) is 1. The van der Waals surface area contributed by atoms with E-state index >= 15 is 0 Å². The highest BCUT2D eigenvalue weighted by Gasteiger charge is 2.29. The Kier molecular flexibility index (Phi) is 3.38. The summed E-state index contributed by atoms with van der Waals surface area (Å²) < 4.78 is 2.34. The standard InChI is InChI=1S/C25H22N2/c1-25(2,3)24-23-22(18-13-8-5-9-14-18)21(17-11-6-4-7-12-17)19-15-10-16-20(26-24)27(19)23/h4-16H,1-3H3. The van der Waals surface area contributed by atoms with Gasteiger partial charge in [0.25, 0.3) is 0 Å². The fourth-order valence-corrected chi connectivity index (χ4v) is 4.07. The van der Waals surface area contributed by atoms with Gasteiger partial charge in [0.15, 0.2) is 0 Å². The van der Waals surface area contributed by atoms with E-state index in [9.17, 15) is 0 Å². The van der Waals surface area contributed by atoms with E-state index in [-0.39, 0.29) is 5.41 Å². The Balaban J connectivity index is 2.03. The second-order valence-corrected chi connectivity index (χ2v) is 8.15. The predicted octanol–water partition coefficient (Wildman–Crippen LogP) is 6.56. The highest BCUT2D eigenvalue weighted by Crippen LogP contribution is 2.45. The fraction of sp³-hybridized carbons (Fsp3) is 0.160. The van der Waals surface area contributed by atoms with Gasteiger partial charge >= 0.3 is 0 Å². The van der Waals surface area contributed by atoms with Crippen molar-refractivity contribution in [3.8, 4) is 22.3 Å². The molecule has 5 aromatic rings. The number of pyridine rings is 1. The molecule has 2 aromatic carbocycles. The van der Waals surface area contributed by atoms with Crippen molar-refractivity contribution in [2.45, 2.75) is 26.2 Å². The van der Waals surface area contributed by atoms with Gasteiger partial charge in [-0.3, -0.25) is 4.40 Å². The van der Waals surface area contributed by atoms with Crippen molar-refractivity contribution < 1.29 is 0 Å². The molecule has 0 fully saturated rings. The van der Waals surface area contributed by atoms with Crippen LogP contribution in [-0.2, 0) is 5.41 Å². The van der Waals surface area contributed by atoms with Crippen LogP contribution in [-0.4, -0.2) is 9.38 Å². The first-order valence-electron chi connectivity index (χ1n) is 9.43. The van der Waals surface area contributed by atoms with Crippen molar-refractivity contribution in [1.82, 2.24) is 9.38 Å². The van der Waals surface area contributed by atoms with Gasteiger partial charge in [-0.15, -0.1) is 0 Å². The summed E-state index contributed by atoms with van der Waals surface area (Å²) in [4.78, 5) is 5.03. The molecule has 0 amide bonds. The van der Waals surface area contributed by atoms with Crippen LogP contribution in [0.2, 0.25) is 0 Å². The molecule has 0 atom stereocenters. The van der Waals surface area contributed by atoms with Gasteiger partial charge in [0.1, 0.15) is 5.65 Å². The van der Waals surface area contributed by atoms with E-state index < -0.39 is 0 Å². The molecule has 0 N–H and O–H groups in total. The Labute approximate surface area is 159 Å². The second kappa shape index (κ2) is 5.68. The Morgan fingerprint density at radius 2 is 1.26 bits per heavy atom. The van der Waals surface area contributed by atoms with Crippen LogP contribution < -0.4 is 0 Å². The third kappa shape index (κ3) is 2.37. The molecule has 2 nitrogen and oxygen atoms in total. The topological polar surface area (TPSA) is 17.3 Å². The molecule has 0 saturated carbocycles. The van der Waals surface area contributed by atoms with Crippen LogP contribution in [0.3, 0.4) is 0 Å². The van der Waals surface area contributed by atoms with Crippen LogP contribution in [0.1, 0.15) is 26.5 Å². The van der Waals surface area contributed by atoms with Crippen molar-refractivity contribution in [2.24, 2.45) is 0 Å². The summed E-state index contributed by atoms with van der Waals surface area (Å²) in [5.41, 5.74) is 9.63. The minimum atomic E-state index is -0.0369. The molecule has 0 bridgehead atoms. The maximum atomic E-state index is 5.03. The Bertz CT molecular complexity index is 1230. The highest BCUT2D eigenvalue weighted by molar-refractivity contribution is 6.06. The molecular weight excluding hydrogens is 328 g/mol. The lowest BCUT2D eigenvalue weighted by atomic mass is 9.88. The van der Waals surface area contributed by atoms with Crippen molar-refractivity contribution >= 4 is 16.7 Å². The molecule has 132 valence electrons. The van der Waals surface area contributed by atoms with Gasteiger partial charge in [-0.2, -0.15) is 0 Å². The van der Waals surface area contributed by atoms with Crippen LogP contribution in [0.5, 0.6) is 0 Å². The second-order valence-electron chi connectivity index (χ2n) is 8.15. The average molecular weight is 350 g/mol. The number of hydrogen-bond donors (Lipinski definition) is 0. The average Bonchev–Trinajstić information content (AvgIpc) is 3.23. The van der Waals surface area contributed by atoms with Crippen molar-refractivity contribution in [3.63, 3.8) is 0 Å². The Hall–Kier alpha value is -3.13. The predicted molar refractivity (Wildman–Crippen MR) is 113 cm³/mol. The summed E-state index contributed by atoms with van der Waals surface area (Å²) in [6.45, 7) is 6.73. The van der Waals surface area contributed by atoms with Gasteiger partial charge in [0.05, 0.1) is 16.7 Å². The molecule has 27 heavy (non-hydrogen) atoms. The molecular formula is C25H22N2. The zero-order valence-corrected chi connectivity index (χ0v) is 15.9. The molecule has 5 rings (SSSR count). The van der Waals surface area contributed by atoms with Gasteiger partial charge in [0.2, 0.25) is 0 Å². The van der Waals surface area contributed by atoms with Crippen LogP contribution in [0.25, 0.3) is 38.9 Å². The third-order valence-corrected chi connectivity index (χ3v) is 5.22. The van der Waals surface area contributed by atoms with Crippen LogP contribution >= 0.6 is 0 Å². The van der Waals surface area contributed by atoms with E-state index in [1.165, 1.54) is 33.3 Å². The van der Waals surface area contributed by atoms with E-state index in [0.717, 1.165) is 11.3 Å². The summed E-state index contributed by atoms with van der Waals surface area (Å²) in [5, 5.41) is 0. The summed E-state index contributed by atoms with van der Waals surface area (Å²) in [6.07, 6.45) is 0. The first-order valence-corrected chi connectivity index (χ1v) is 9.43. The zero-order valence-electron chi connectivity index (χ0n) is 15.9. The number of nitrogens with zero attached hydrogens (tertiary/aromatic N) is 2. The van der Waals surface area contributed by atoms with Crippen molar-refractivity contribution in [1.29, 1.82) is 0 Å². The third-order valence-electron chi connectivity index (χ3n) is 5.22. The molecule has 0 radical (unpaired) electrons. The first kappa shape index (κ1) is 16.1. The Morgan fingerprint density at radius 1 is 0.667 bits per heavy atom. The number of aromatic nitrogens is 2. The minimum Gasteiger partial charge on any atom is -0.292 e. The summed E-state index contributed by atoms with van der Waals surface area (Å²) in [6, 6.07) is 27.9. The molecule has 0 saturated heterocycles. The van der Waals surface area contributed by atoms with E-state index in [1.54, 1.807) is 0 Å². The van der Waals surface area contributed by atoms with E-state index in [0.29, 0.717) is 0 Å². The van der Waals surface area contributed by atoms with Gasteiger partial charge in [-0.1, -0.05) is 87.5 Å². The van der Waals surface area contributed by atoms with Crippen molar-refractivity contribution in [2.75, 3.05) is 0 Å². The first-order chi connectivity index (χ1) is 13.1. The van der Waals surface area contributed by atoms with Gasteiger partial charge in [0, 0.05) is 16.5 Å². The molecule has 0 aliphatic rings. The molecule has 2 heteroatoms. The van der Waals surface area contributed by atoms with Crippen LogP contribution in [0, 0.1) is 0 Å². The molecule has 0 aliphatic carbocycles. The number of benzene rings is 2. The van der Waals surface area contributed by atoms with Gasteiger partial charge in [-0.25, -0.2) is 4.98 Å². The quantitative estimate of drug-likeness (QED) is 0.352. The van der Waals surface area contributed by atoms with Gasteiger partial charge < -0.3 is 0 Å². The smallest absolute Gasteiger partial charge is 0.138 e. The summed E-state index contributed by atoms with van der Waals surface area (Å²) >= 11 is 0. The number of imidazole rings is 1. The normalized spacial score (nSPS) is 12.3. The molecule has 3 heterocycles. The maximum absolute atomic E-state index is 5.03. The monoisotopic (exact) mass is 350 g/mol. The Morgan fingerprint density at radius 3 is 1.85 bits per heavy atom. The fourth-order valence-electron chi connectivity index (χ4n) is 4.07. The summed E-state index contributed by atoms with van der Waals surface area (Å²) in [5.74, 6) is 0. The van der Waals surface area contributed by atoms with Gasteiger partial charge in [-0.05, 0) is 23.3 Å². The molecule has 0 aliphatic heterocycles. The van der Waals surface area contributed by atoms with Crippen LogP contribution in [0.15, 0.2) is 78.9 Å². The lowest BCUT2D eigenvalue weighted by Crippen LogP contribution is -2.12. The molecule has 0 unspecified atom stereocenters. The lowest BCUT2D eigenvalue weighted by Gasteiger charge is -2.17. The van der Waals surface area contributed by atoms with E-state index in [2.05, 4.69) is 104 Å².